The Labute approximate surface area is 113 Å². The largest absolute Gasteiger partial charge is 0.465 e. The molecule has 0 spiro atoms. The zero-order valence-corrected chi connectivity index (χ0v) is 11.8. The van der Waals surface area contributed by atoms with Crippen LogP contribution in [0.2, 0.25) is 0 Å². The number of carbonyl (C=O) groups is 1. The van der Waals surface area contributed by atoms with Gasteiger partial charge in [0.25, 0.3) is 10.0 Å². The molecule has 0 bridgehead atoms. The predicted octanol–water partition coefficient (Wildman–Crippen LogP) is 1.07. The molecule has 0 aromatic carbocycles. The molecule has 0 radical (unpaired) electrons. The third kappa shape index (κ3) is 2.76. The van der Waals surface area contributed by atoms with Crippen molar-refractivity contribution in [2.24, 2.45) is 7.05 Å². The smallest absolute Gasteiger partial charge is 0.350 e. The molecule has 9 heteroatoms. The van der Waals surface area contributed by atoms with Crippen LogP contribution in [0.25, 0.3) is 0 Å². The second-order valence-corrected chi connectivity index (χ2v) is 6.21. The van der Waals surface area contributed by atoms with Crippen LogP contribution >= 0.6 is 11.3 Å². The lowest BCUT2D eigenvalue weighted by atomic mass is 10.4. The molecule has 0 aliphatic rings. The number of carbonyl (C=O) groups excluding carboxylic acids is 1. The summed E-state index contributed by atoms with van der Waals surface area (Å²) in [6.07, 6.45) is 2.60. The van der Waals surface area contributed by atoms with E-state index in [1.54, 1.807) is 12.4 Å². The van der Waals surface area contributed by atoms with E-state index in [4.69, 9.17) is 0 Å². The molecule has 7 nitrogen and oxygen atoms in total. The predicted molar refractivity (Wildman–Crippen MR) is 69.7 cm³/mol. The fourth-order valence-corrected chi connectivity index (χ4v) is 3.27. The molecule has 0 fully saturated rings. The molecule has 102 valence electrons. The van der Waals surface area contributed by atoms with Crippen LogP contribution in [0.3, 0.4) is 0 Å². The quantitative estimate of drug-likeness (QED) is 0.853. The number of nitrogens with zero attached hydrogens (tertiary/aromatic N) is 2. The number of nitrogens with one attached hydrogen (secondary N) is 1. The maximum absolute atomic E-state index is 12.1. The number of rotatable bonds is 4. The summed E-state index contributed by atoms with van der Waals surface area (Å²) in [5.41, 5.74) is 0.195. The number of hydrogen-bond donors (Lipinski definition) is 1. The molecular weight excluding hydrogens is 290 g/mol. The van der Waals surface area contributed by atoms with Gasteiger partial charge in [0, 0.05) is 13.2 Å². The van der Waals surface area contributed by atoms with Gasteiger partial charge in [0.15, 0.2) is 0 Å². The maximum atomic E-state index is 12.1. The first-order valence-electron chi connectivity index (χ1n) is 5.11. The second-order valence-electron chi connectivity index (χ2n) is 3.61. The lowest BCUT2D eigenvalue weighted by Crippen LogP contribution is -2.14. The van der Waals surface area contributed by atoms with Gasteiger partial charge in [-0.15, -0.1) is 11.3 Å². The Morgan fingerprint density at radius 3 is 2.84 bits per heavy atom. The fraction of sp³-hybridized carbons (Fsp3) is 0.200. The Morgan fingerprint density at radius 1 is 1.53 bits per heavy atom. The van der Waals surface area contributed by atoms with Crippen LogP contribution in [0.4, 0.5) is 5.69 Å². The summed E-state index contributed by atoms with van der Waals surface area (Å²) < 4.78 is 32.4. The van der Waals surface area contributed by atoms with Gasteiger partial charge in [-0.2, -0.15) is 5.10 Å². The third-order valence-electron chi connectivity index (χ3n) is 2.27. The molecule has 2 heterocycles. The summed E-state index contributed by atoms with van der Waals surface area (Å²) in [5.74, 6) is -0.584. The molecule has 19 heavy (non-hydrogen) atoms. The van der Waals surface area contributed by atoms with Crippen LogP contribution in [0, 0.1) is 0 Å². The number of methoxy groups -OCH3 is 1. The topological polar surface area (TPSA) is 90.3 Å². The van der Waals surface area contributed by atoms with E-state index in [-0.39, 0.29) is 15.5 Å². The van der Waals surface area contributed by atoms with E-state index in [1.807, 2.05) is 0 Å². The van der Waals surface area contributed by atoms with Gasteiger partial charge in [-0.1, -0.05) is 0 Å². The zero-order chi connectivity index (χ0) is 14.0. The van der Waals surface area contributed by atoms with Gasteiger partial charge in [-0.25, -0.2) is 13.2 Å². The SMILES string of the molecule is COC(=O)c1sccc1NS(=O)(=O)c1cnn(C)c1. The van der Waals surface area contributed by atoms with E-state index in [0.29, 0.717) is 0 Å². The Hall–Kier alpha value is -1.87. The highest BCUT2D eigenvalue weighted by Crippen LogP contribution is 2.25. The third-order valence-corrected chi connectivity index (χ3v) is 4.49. The Kier molecular flexibility index (Phi) is 3.58. The number of aromatic nitrogens is 2. The van der Waals surface area contributed by atoms with Gasteiger partial charge in [0.2, 0.25) is 0 Å². The number of sulfonamides is 1. The molecule has 0 amide bonds. The van der Waals surface area contributed by atoms with Crippen LogP contribution in [0.1, 0.15) is 9.67 Å². The summed E-state index contributed by atoms with van der Waals surface area (Å²) in [6.45, 7) is 0. The van der Waals surface area contributed by atoms with Gasteiger partial charge in [0.1, 0.15) is 9.77 Å². The Balaban J connectivity index is 2.31. The monoisotopic (exact) mass is 301 g/mol. The fourth-order valence-electron chi connectivity index (χ4n) is 1.38. The van der Waals surface area contributed by atoms with Gasteiger partial charge < -0.3 is 4.74 Å². The van der Waals surface area contributed by atoms with Crippen molar-refractivity contribution >= 4 is 33.0 Å². The Bertz CT molecular complexity index is 702. The van der Waals surface area contributed by atoms with Crippen molar-refractivity contribution in [1.82, 2.24) is 9.78 Å². The summed E-state index contributed by atoms with van der Waals surface area (Å²) in [7, 11) is -0.909. The van der Waals surface area contributed by atoms with E-state index in [1.165, 1.54) is 30.3 Å². The van der Waals surface area contributed by atoms with Crippen molar-refractivity contribution in [2.75, 3.05) is 11.8 Å². The molecule has 2 rings (SSSR count). The number of esters is 1. The van der Waals surface area contributed by atoms with E-state index >= 15 is 0 Å². The number of ether oxygens (including phenoxy) is 1. The zero-order valence-electron chi connectivity index (χ0n) is 10.2. The maximum Gasteiger partial charge on any atom is 0.350 e. The number of aryl methyl sites for hydroxylation is 1. The van der Waals surface area contributed by atoms with Crippen LogP contribution in [-0.4, -0.2) is 31.3 Å². The lowest BCUT2D eigenvalue weighted by molar-refractivity contribution is 0.0607. The molecule has 0 aliphatic heterocycles. The number of thiophene rings is 1. The second kappa shape index (κ2) is 5.02. The van der Waals surface area contributed by atoms with Crippen LogP contribution < -0.4 is 4.72 Å². The molecular formula is C10H11N3O4S2. The number of hydrogen-bond acceptors (Lipinski definition) is 6. The van der Waals surface area contributed by atoms with Crippen molar-refractivity contribution in [3.63, 3.8) is 0 Å². The first-order valence-corrected chi connectivity index (χ1v) is 7.47. The van der Waals surface area contributed by atoms with E-state index < -0.39 is 16.0 Å². The molecule has 0 unspecified atom stereocenters. The minimum absolute atomic E-state index is 0.0250. The highest BCUT2D eigenvalue weighted by Gasteiger charge is 2.21. The average Bonchev–Trinajstić information content (AvgIpc) is 2.97. The summed E-state index contributed by atoms with van der Waals surface area (Å²) in [5, 5.41) is 5.40. The molecule has 1 N–H and O–H groups in total. The first kappa shape index (κ1) is 13.6. The summed E-state index contributed by atoms with van der Waals surface area (Å²) >= 11 is 1.10. The van der Waals surface area contributed by atoms with E-state index in [0.717, 1.165) is 11.3 Å². The number of anilines is 1. The van der Waals surface area contributed by atoms with Gasteiger partial charge >= 0.3 is 5.97 Å². The lowest BCUT2D eigenvalue weighted by Gasteiger charge is -2.06. The standard InChI is InChI=1S/C10H11N3O4S2/c1-13-6-7(5-11-13)19(15,16)12-8-3-4-18-9(8)10(14)17-2/h3-6,12H,1-2H3. The minimum Gasteiger partial charge on any atom is -0.465 e. The Morgan fingerprint density at radius 2 is 2.26 bits per heavy atom. The normalized spacial score (nSPS) is 11.3. The van der Waals surface area contributed by atoms with E-state index in [2.05, 4.69) is 14.6 Å². The van der Waals surface area contributed by atoms with Crippen molar-refractivity contribution in [3.05, 3.63) is 28.7 Å². The highest BCUT2D eigenvalue weighted by atomic mass is 32.2. The van der Waals surface area contributed by atoms with Crippen LogP contribution in [0.15, 0.2) is 28.7 Å². The molecule has 0 saturated heterocycles. The highest BCUT2D eigenvalue weighted by molar-refractivity contribution is 7.92. The van der Waals surface area contributed by atoms with E-state index in [9.17, 15) is 13.2 Å². The molecule has 0 atom stereocenters. The van der Waals surface area contributed by atoms with Crippen molar-refractivity contribution < 1.29 is 17.9 Å². The van der Waals surface area contributed by atoms with Gasteiger partial charge in [-0.3, -0.25) is 9.40 Å². The summed E-state index contributed by atoms with van der Waals surface area (Å²) in [6, 6.07) is 1.50. The first-order chi connectivity index (χ1) is 8.94. The minimum atomic E-state index is -3.76. The van der Waals surface area contributed by atoms with Crippen molar-refractivity contribution in [3.8, 4) is 0 Å². The molecule has 2 aromatic rings. The van der Waals surface area contributed by atoms with Crippen molar-refractivity contribution in [2.45, 2.75) is 4.90 Å². The van der Waals surface area contributed by atoms with Crippen LogP contribution in [0.5, 0.6) is 0 Å². The molecule has 0 saturated carbocycles. The van der Waals surface area contributed by atoms with Gasteiger partial charge in [-0.05, 0) is 11.4 Å². The van der Waals surface area contributed by atoms with Crippen molar-refractivity contribution in [1.29, 1.82) is 0 Å². The van der Waals surface area contributed by atoms with Gasteiger partial charge in [0.05, 0.1) is 19.0 Å². The molecule has 2 aromatic heterocycles. The average molecular weight is 301 g/mol. The molecule has 0 aliphatic carbocycles. The summed E-state index contributed by atoms with van der Waals surface area (Å²) in [4.78, 5) is 11.7. The van der Waals surface area contributed by atoms with Crippen LogP contribution in [-0.2, 0) is 21.8 Å².